The van der Waals surface area contributed by atoms with E-state index in [4.69, 9.17) is 5.73 Å². The van der Waals surface area contributed by atoms with E-state index in [2.05, 4.69) is 58.6 Å². The number of hydrogen-bond donors (Lipinski definition) is 2. The third kappa shape index (κ3) is 5.43. The van der Waals surface area contributed by atoms with Gasteiger partial charge in [0.15, 0.2) is 5.96 Å². The minimum absolute atomic E-state index is 0.546. The SMILES string of the molecule is CCCCCCNC(N)=NCc1ccc(N2CC=CC2)cc1. The molecule has 4 heteroatoms. The molecule has 1 aromatic carbocycles. The maximum Gasteiger partial charge on any atom is 0.188 e. The molecular formula is C18H28N4. The Hall–Kier alpha value is -1.97. The second-order valence-corrected chi connectivity index (χ2v) is 5.73. The third-order valence-electron chi connectivity index (χ3n) is 3.89. The Morgan fingerprint density at radius 1 is 1.14 bits per heavy atom. The van der Waals surface area contributed by atoms with E-state index in [-0.39, 0.29) is 0 Å². The summed E-state index contributed by atoms with van der Waals surface area (Å²) in [6.45, 7) is 5.77. The van der Waals surface area contributed by atoms with Gasteiger partial charge in [-0.05, 0) is 24.1 Å². The van der Waals surface area contributed by atoms with E-state index in [1.807, 2.05) is 0 Å². The first kappa shape index (κ1) is 16.4. The summed E-state index contributed by atoms with van der Waals surface area (Å²) in [7, 11) is 0. The highest BCUT2D eigenvalue weighted by molar-refractivity contribution is 5.77. The molecule has 3 N–H and O–H groups in total. The van der Waals surface area contributed by atoms with Gasteiger partial charge in [0.1, 0.15) is 0 Å². The summed E-state index contributed by atoms with van der Waals surface area (Å²) in [5.74, 6) is 0.546. The van der Waals surface area contributed by atoms with Crippen LogP contribution in [0.15, 0.2) is 41.4 Å². The highest BCUT2D eigenvalue weighted by Gasteiger charge is 2.06. The average molecular weight is 300 g/mol. The monoisotopic (exact) mass is 300 g/mol. The highest BCUT2D eigenvalue weighted by atomic mass is 15.1. The number of rotatable bonds is 8. The van der Waals surface area contributed by atoms with Crippen LogP contribution < -0.4 is 16.0 Å². The van der Waals surface area contributed by atoms with Crippen molar-refractivity contribution < 1.29 is 0 Å². The minimum atomic E-state index is 0.546. The summed E-state index contributed by atoms with van der Waals surface area (Å²) in [4.78, 5) is 6.73. The van der Waals surface area contributed by atoms with Crippen molar-refractivity contribution in [1.82, 2.24) is 5.32 Å². The summed E-state index contributed by atoms with van der Waals surface area (Å²) in [5.41, 5.74) is 8.34. The molecule has 0 fully saturated rings. The second-order valence-electron chi connectivity index (χ2n) is 5.73. The molecule has 0 bridgehead atoms. The van der Waals surface area contributed by atoms with Gasteiger partial charge in [-0.25, -0.2) is 4.99 Å². The summed E-state index contributed by atoms with van der Waals surface area (Å²) < 4.78 is 0. The van der Waals surface area contributed by atoms with E-state index < -0.39 is 0 Å². The molecule has 0 saturated heterocycles. The van der Waals surface area contributed by atoms with E-state index in [1.165, 1.54) is 30.5 Å². The molecule has 0 aliphatic carbocycles. The summed E-state index contributed by atoms with van der Waals surface area (Å²) in [6, 6.07) is 8.58. The van der Waals surface area contributed by atoms with Gasteiger partial charge >= 0.3 is 0 Å². The molecule has 22 heavy (non-hydrogen) atoms. The molecule has 0 aromatic heterocycles. The Morgan fingerprint density at radius 2 is 1.86 bits per heavy atom. The molecule has 0 saturated carbocycles. The first-order valence-corrected chi connectivity index (χ1v) is 8.32. The van der Waals surface area contributed by atoms with Crippen molar-refractivity contribution in [3.05, 3.63) is 42.0 Å². The second kappa shape index (κ2) is 9.13. The van der Waals surface area contributed by atoms with Crippen LogP contribution in [0.2, 0.25) is 0 Å². The first-order valence-electron chi connectivity index (χ1n) is 8.32. The molecule has 1 aliphatic heterocycles. The molecule has 2 rings (SSSR count). The fourth-order valence-corrected chi connectivity index (χ4v) is 2.50. The Kier molecular flexibility index (Phi) is 6.81. The fourth-order valence-electron chi connectivity index (χ4n) is 2.50. The predicted molar refractivity (Wildman–Crippen MR) is 95.3 cm³/mol. The van der Waals surface area contributed by atoms with E-state index in [0.717, 1.165) is 26.1 Å². The molecule has 1 aliphatic rings. The summed E-state index contributed by atoms with van der Waals surface area (Å²) in [6.07, 6.45) is 9.35. The summed E-state index contributed by atoms with van der Waals surface area (Å²) >= 11 is 0. The van der Waals surface area contributed by atoms with Crippen LogP contribution in [0.5, 0.6) is 0 Å². The number of hydrogen-bond acceptors (Lipinski definition) is 2. The maximum absolute atomic E-state index is 5.89. The molecule has 1 aromatic rings. The van der Waals surface area contributed by atoms with Crippen LogP contribution in [-0.2, 0) is 6.54 Å². The van der Waals surface area contributed by atoms with Crippen molar-refractivity contribution in [2.75, 3.05) is 24.5 Å². The maximum atomic E-state index is 5.89. The molecule has 0 atom stereocenters. The van der Waals surface area contributed by atoms with Gasteiger partial charge < -0.3 is 16.0 Å². The van der Waals surface area contributed by atoms with Crippen molar-refractivity contribution in [2.45, 2.75) is 39.2 Å². The molecular weight excluding hydrogens is 272 g/mol. The van der Waals surface area contributed by atoms with Crippen LogP contribution in [-0.4, -0.2) is 25.6 Å². The van der Waals surface area contributed by atoms with E-state index in [9.17, 15) is 0 Å². The molecule has 1 heterocycles. The van der Waals surface area contributed by atoms with Gasteiger partial charge in [-0.3, -0.25) is 0 Å². The number of nitrogens with one attached hydrogen (secondary N) is 1. The van der Waals surface area contributed by atoms with Gasteiger partial charge in [-0.2, -0.15) is 0 Å². The van der Waals surface area contributed by atoms with Gasteiger partial charge in [-0.15, -0.1) is 0 Å². The number of benzene rings is 1. The van der Waals surface area contributed by atoms with Gasteiger partial charge in [-0.1, -0.05) is 50.5 Å². The van der Waals surface area contributed by atoms with E-state index in [1.54, 1.807) is 0 Å². The zero-order chi connectivity index (χ0) is 15.6. The van der Waals surface area contributed by atoms with Crippen LogP contribution in [0.1, 0.15) is 38.2 Å². The topological polar surface area (TPSA) is 53.6 Å². The van der Waals surface area contributed by atoms with Crippen LogP contribution in [0.25, 0.3) is 0 Å². The number of aliphatic imine (C=N–C) groups is 1. The molecule has 0 radical (unpaired) electrons. The van der Waals surface area contributed by atoms with E-state index in [0.29, 0.717) is 12.5 Å². The normalized spacial score (nSPS) is 14.6. The lowest BCUT2D eigenvalue weighted by atomic mass is 10.2. The van der Waals surface area contributed by atoms with Gasteiger partial charge in [0.25, 0.3) is 0 Å². The van der Waals surface area contributed by atoms with Crippen LogP contribution in [0, 0.1) is 0 Å². The van der Waals surface area contributed by atoms with E-state index >= 15 is 0 Å². The largest absolute Gasteiger partial charge is 0.370 e. The number of nitrogens with zero attached hydrogens (tertiary/aromatic N) is 2. The summed E-state index contributed by atoms with van der Waals surface area (Å²) in [5, 5.41) is 3.18. The third-order valence-corrected chi connectivity index (χ3v) is 3.89. The van der Waals surface area contributed by atoms with Crippen molar-refractivity contribution in [3.8, 4) is 0 Å². The Morgan fingerprint density at radius 3 is 2.55 bits per heavy atom. The molecule has 4 nitrogen and oxygen atoms in total. The zero-order valence-corrected chi connectivity index (χ0v) is 13.6. The van der Waals surface area contributed by atoms with Crippen LogP contribution in [0.4, 0.5) is 5.69 Å². The number of unbranched alkanes of at least 4 members (excludes halogenated alkanes) is 3. The number of guanidine groups is 1. The lowest BCUT2D eigenvalue weighted by Gasteiger charge is -2.17. The quantitative estimate of drug-likeness (QED) is 0.336. The number of anilines is 1. The smallest absolute Gasteiger partial charge is 0.188 e. The van der Waals surface area contributed by atoms with Crippen LogP contribution >= 0.6 is 0 Å². The molecule has 0 unspecified atom stereocenters. The average Bonchev–Trinajstić information content (AvgIpc) is 3.08. The molecule has 0 spiro atoms. The first-order chi connectivity index (χ1) is 10.8. The lowest BCUT2D eigenvalue weighted by Crippen LogP contribution is -2.32. The van der Waals surface area contributed by atoms with Crippen LogP contribution in [0.3, 0.4) is 0 Å². The van der Waals surface area contributed by atoms with Crippen molar-refractivity contribution in [3.63, 3.8) is 0 Å². The van der Waals surface area contributed by atoms with Gasteiger partial charge in [0, 0.05) is 25.3 Å². The van der Waals surface area contributed by atoms with Gasteiger partial charge in [0.2, 0.25) is 0 Å². The zero-order valence-electron chi connectivity index (χ0n) is 13.6. The Labute approximate surface area is 134 Å². The standard InChI is InChI=1S/C18H28N4/c1-2-3-4-5-12-20-18(19)21-15-16-8-10-17(11-9-16)22-13-6-7-14-22/h6-11H,2-5,12-15H2,1H3,(H3,19,20,21). The van der Waals surface area contributed by atoms with Crippen molar-refractivity contribution in [1.29, 1.82) is 0 Å². The van der Waals surface area contributed by atoms with Crippen molar-refractivity contribution in [2.24, 2.45) is 10.7 Å². The highest BCUT2D eigenvalue weighted by Crippen LogP contribution is 2.17. The minimum Gasteiger partial charge on any atom is -0.370 e. The fraction of sp³-hybridized carbons (Fsp3) is 0.500. The molecule has 0 amide bonds. The predicted octanol–water partition coefficient (Wildman–Crippen LogP) is 3.05. The lowest BCUT2D eigenvalue weighted by molar-refractivity contribution is 0.652. The van der Waals surface area contributed by atoms with Gasteiger partial charge in [0.05, 0.1) is 6.54 Å². The molecule has 120 valence electrons. The Bertz CT molecular complexity index is 482. The Balaban J connectivity index is 1.72. The van der Waals surface area contributed by atoms with Crippen molar-refractivity contribution >= 4 is 11.6 Å². The number of nitrogens with two attached hydrogens (primary N) is 1.